The van der Waals surface area contributed by atoms with Gasteiger partial charge in [-0.3, -0.25) is 4.18 Å². The number of rotatable bonds is 5. The fourth-order valence-electron chi connectivity index (χ4n) is 1.15. The predicted octanol–water partition coefficient (Wildman–Crippen LogP) is 2.74. The largest absolute Gasteiger partial charge is 0.271 e. The quantitative estimate of drug-likeness (QED) is 0.770. The molecule has 0 atom stereocenters. The minimum atomic E-state index is -3.66. The molecule has 0 saturated heterocycles. The van der Waals surface area contributed by atoms with Crippen LogP contribution in [0.4, 0.5) is 4.39 Å². The standard InChI is InChI=1S/C10H12ClFO3S/c1-2-3-15-16(13,14)7-8-4-9(11)6-10(12)5-8/h4-6H,2-3,7H2,1H3. The first kappa shape index (κ1) is 13.4. The molecule has 0 aromatic heterocycles. The van der Waals surface area contributed by atoms with Gasteiger partial charge in [-0.2, -0.15) is 8.42 Å². The Morgan fingerprint density at radius 3 is 2.62 bits per heavy atom. The van der Waals surface area contributed by atoms with Crippen molar-refractivity contribution in [3.05, 3.63) is 34.6 Å². The molecule has 90 valence electrons. The summed E-state index contributed by atoms with van der Waals surface area (Å²) in [7, 11) is -3.66. The highest BCUT2D eigenvalue weighted by Gasteiger charge is 2.13. The molecule has 0 N–H and O–H groups in total. The molecule has 0 aliphatic rings. The van der Waals surface area contributed by atoms with Gasteiger partial charge in [0.25, 0.3) is 10.1 Å². The fraction of sp³-hybridized carbons (Fsp3) is 0.400. The summed E-state index contributed by atoms with van der Waals surface area (Å²) in [5.74, 6) is -0.932. The molecule has 0 heterocycles. The van der Waals surface area contributed by atoms with E-state index in [0.717, 1.165) is 12.1 Å². The molecule has 3 nitrogen and oxygen atoms in total. The molecule has 0 bridgehead atoms. The van der Waals surface area contributed by atoms with E-state index in [0.29, 0.717) is 6.42 Å². The lowest BCUT2D eigenvalue weighted by Gasteiger charge is -2.05. The van der Waals surface area contributed by atoms with Crippen molar-refractivity contribution in [2.45, 2.75) is 19.1 Å². The van der Waals surface area contributed by atoms with Gasteiger partial charge in [-0.05, 0) is 30.2 Å². The van der Waals surface area contributed by atoms with E-state index < -0.39 is 15.9 Å². The Morgan fingerprint density at radius 1 is 1.38 bits per heavy atom. The van der Waals surface area contributed by atoms with Gasteiger partial charge in [0.1, 0.15) is 11.6 Å². The summed E-state index contributed by atoms with van der Waals surface area (Å²) >= 11 is 5.61. The molecule has 0 fully saturated rings. The van der Waals surface area contributed by atoms with Crippen LogP contribution in [0.5, 0.6) is 0 Å². The molecule has 0 aliphatic heterocycles. The van der Waals surface area contributed by atoms with Gasteiger partial charge in [-0.25, -0.2) is 4.39 Å². The summed E-state index contributed by atoms with van der Waals surface area (Å²) in [6, 6.07) is 3.64. The second-order valence-corrected chi connectivity index (χ2v) is 5.38. The van der Waals surface area contributed by atoms with E-state index in [2.05, 4.69) is 4.18 Å². The lowest BCUT2D eigenvalue weighted by atomic mass is 10.2. The summed E-state index contributed by atoms with van der Waals surface area (Å²) < 4.78 is 40.4. The summed E-state index contributed by atoms with van der Waals surface area (Å²) in [6.07, 6.45) is 0.600. The lowest BCUT2D eigenvalue weighted by molar-refractivity contribution is 0.317. The molecular formula is C10H12ClFO3S. The second-order valence-electron chi connectivity index (χ2n) is 3.30. The van der Waals surface area contributed by atoms with Crippen molar-refractivity contribution in [3.63, 3.8) is 0 Å². The highest BCUT2D eigenvalue weighted by Crippen LogP contribution is 2.16. The smallest absolute Gasteiger partial charge is 0.270 e. The van der Waals surface area contributed by atoms with Crippen LogP contribution >= 0.6 is 11.6 Å². The molecule has 0 aliphatic carbocycles. The minimum absolute atomic E-state index is 0.130. The summed E-state index contributed by atoms with van der Waals surface area (Å²) in [4.78, 5) is 0. The van der Waals surface area contributed by atoms with Crippen LogP contribution in [-0.4, -0.2) is 15.0 Å². The molecule has 1 aromatic carbocycles. The van der Waals surface area contributed by atoms with Crippen molar-refractivity contribution in [1.82, 2.24) is 0 Å². The van der Waals surface area contributed by atoms with Gasteiger partial charge >= 0.3 is 0 Å². The summed E-state index contributed by atoms with van der Waals surface area (Å²) in [5, 5.41) is 0.167. The number of hydrogen-bond acceptors (Lipinski definition) is 3. The molecule has 0 saturated carbocycles. The monoisotopic (exact) mass is 266 g/mol. The van der Waals surface area contributed by atoms with Gasteiger partial charge in [0.2, 0.25) is 0 Å². The third-order valence-electron chi connectivity index (χ3n) is 1.73. The Hall–Kier alpha value is -0.650. The average molecular weight is 267 g/mol. The van der Waals surface area contributed by atoms with E-state index >= 15 is 0 Å². The van der Waals surface area contributed by atoms with E-state index in [4.69, 9.17) is 11.6 Å². The van der Waals surface area contributed by atoms with Crippen LogP contribution in [0.1, 0.15) is 18.9 Å². The third kappa shape index (κ3) is 4.47. The SMILES string of the molecule is CCCOS(=O)(=O)Cc1cc(F)cc(Cl)c1. The van der Waals surface area contributed by atoms with Crippen LogP contribution in [0.15, 0.2) is 18.2 Å². The predicted molar refractivity (Wildman–Crippen MR) is 60.3 cm³/mol. The summed E-state index contributed by atoms with van der Waals surface area (Å²) in [6.45, 7) is 1.93. The first-order valence-electron chi connectivity index (χ1n) is 4.75. The molecular weight excluding hydrogens is 255 g/mol. The fourth-order valence-corrected chi connectivity index (χ4v) is 2.47. The van der Waals surface area contributed by atoms with Crippen LogP contribution in [0, 0.1) is 5.82 Å². The van der Waals surface area contributed by atoms with E-state index in [1.165, 1.54) is 6.07 Å². The van der Waals surface area contributed by atoms with Gasteiger partial charge < -0.3 is 0 Å². The van der Waals surface area contributed by atoms with E-state index in [-0.39, 0.29) is 22.9 Å². The zero-order valence-corrected chi connectivity index (χ0v) is 10.3. The third-order valence-corrected chi connectivity index (χ3v) is 3.16. The van der Waals surface area contributed by atoms with Gasteiger partial charge in [0, 0.05) is 5.02 Å². The molecule has 0 spiro atoms. The molecule has 0 amide bonds. The first-order chi connectivity index (χ1) is 7.43. The molecule has 16 heavy (non-hydrogen) atoms. The van der Waals surface area contributed by atoms with E-state index in [1.807, 2.05) is 0 Å². The van der Waals surface area contributed by atoms with Crippen molar-refractivity contribution in [1.29, 1.82) is 0 Å². The van der Waals surface area contributed by atoms with Gasteiger partial charge in [0.15, 0.2) is 0 Å². The lowest BCUT2D eigenvalue weighted by Crippen LogP contribution is -2.09. The number of halogens is 2. The molecule has 1 rings (SSSR count). The van der Waals surface area contributed by atoms with Crippen LogP contribution in [0.25, 0.3) is 0 Å². The van der Waals surface area contributed by atoms with Crippen molar-refractivity contribution in [2.24, 2.45) is 0 Å². The van der Waals surface area contributed by atoms with Crippen LogP contribution < -0.4 is 0 Å². The maximum Gasteiger partial charge on any atom is 0.271 e. The second kappa shape index (κ2) is 5.61. The molecule has 0 unspecified atom stereocenters. The Labute approximate surface area is 99.3 Å². The Kier molecular flexibility index (Phi) is 4.70. The van der Waals surface area contributed by atoms with E-state index in [1.54, 1.807) is 6.92 Å². The van der Waals surface area contributed by atoms with Crippen molar-refractivity contribution >= 4 is 21.7 Å². The van der Waals surface area contributed by atoms with Gasteiger partial charge in [0.05, 0.1) is 6.61 Å². The number of hydrogen-bond donors (Lipinski definition) is 0. The molecule has 6 heteroatoms. The maximum atomic E-state index is 12.9. The van der Waals surface area contributed by atoms with E-state index in [9.17, 15) is 12.8 Å². The Balaban J connectivity index is 2.80. The van der Waals surface area contributed by atoms with Crippen molar-refractivity contribution in [3.8, 4) is 0 Å². The van der Waals surface area contributed by atoms with Gasteiger partial charge in [-0.15, -0.1) is 0 Å². The molecule has 1 aromatic rings. The van der Waals surface area contributed by atoms with Crippen LogP contribution in [0.2, 0.25) is 5.02 Å². The average Bonchev–Trinajstić information content (AvgIpc) is 2.12. The van der Waals surface area contributed by atoms with Crippen LogP contribution in [0.3, 0.4) is 0 Å². The topological polar surface area (TPSA) is 43.4 Å². The molecule has 0 radical (unpaired) electrons. The maximum absolute atomic E-state index is 12.9. The summed E-state index contributed by atoms with van der Waals surface area (Å²) in [5.41, 5.74) is 0.279. The number of benzene rings is 1. The van der Waals surface area contributed by atoms with Crippen LogP contribution in [-0.2, 0) is 20.1 Å². The minimum Gasteiger partial charge on any atom is -0.270 e. The Morgan fingerprint density at radius 2 is 2.06 bits per heavy atom. The Bertz CT molecular complexity index is 439. The normalized spacial score (nSPS) is 11.7. The highest BCUT2D eigenvalue weighted by molar-refractivity contribution is 7.85. The van der Waals surface area contributed by atoms with Crippen molar-refractivity contribution < 1.29 is 17.0 Å². The highest BCUT2D eigenvalue weighted by atomic mass is 35.5. The van der Waals surface area contributed by atoms with Crippen molar-refractivity contribution in [2.75, 3.05) is 6.61 Å². The first-order valence-corrected chi connectivity index (χ1v) is 6.70. The zero-order chi connectivity index (χ0) is 12.2. The zero-order valence-electron chi connectivity index (χ0n) is 8.74. The van der Waals surface area contributed by atoms with Gasteiger partial charge in [-0.1, -0.05) is 18.5 Å².